The summed E-state index contributed by atoms with van der Waals surface area (Å²) in [4.78, 5) is 20.6. The van der Waals surface area contributed by atoms with Crippen molar-refractivity contribution in [3.05, 3.63) is 50.8 Å². The number of hydrogen-bond acceptors (Lipinski definition) is 6. The Labute approximate surface area is 195 Å². The zero-order chi connectivity index (χ0) is 22.4. The fraction of sp³-hybridized carbons (Fsp3) is 0.417. The zero-order valence-electron chi connectivity index (χ0n) is 17.9. The van der Waals surface area contributed by atoms with Crippen LogP contribution in [0, 0.1) is 11.8 Å². The van der Waals surface area contributed by atoms with Gasteiger partial charge in [0.1, 0.15) is 29.0 Å². The highest BCUT2D eigenvalue weighted by Crippen LogP contribution is 2.37. The summed E-state index contributed by atoms with van der Waals surface area (Å²) in [6.07, 6.45) is 5.46. The van der Waals surface area contributed by atoms with Crippen molar-refractivity contribution in [3.63, 3.8) is 0 Å². The molecule has 0 amide bonds. The van der Waals surface area contributed by atoms with E-state index in [-0.39, 0.29) is 11.7 Å². The van der Waals surface area contributed by atoms with Crippen molar-refractivity contribution >= 4 is 33.2 Å². The molecule has 2 fully saturated rings. The second-order valence-electron chi connectivity index (χ2n) is 8.57. The number of aliphatic hydroxyl groups is 1. The minimum Gasteiger partial charge on any atom is -0.489 e. The molecule has 0 aliphatic carbocycles. The number of benzene rings is 1. The van der Waals surface area contributed by atoms with Crippen molar-refractivity contribution in [1.29, 1.82) is 0 Å². The van der Waals surface area contributed by atoms with Crippen LogP contribution in [0.1, 0.15) is 37.5 Å². The highest BCUT2D eigenvalue weighted by Gasteiger charge is 2.39. The predicted molar refractivity (Wildman–Crippen MR) is 127 cm³/mol. The molecule has 0 radical (unpaired) electrons. The smallest absolute Gasteiger partial charge is 0.275 e. The first-order valence-corrected chi connectivity index (χ1v) is 12.0. The Morgan fingerprint density at radius 3 is 2.72 bits per heavy atom. The maximum Gasteiger partial charge on any atom is 0.275 e. The molecule has 1 N–H and O–H groups in total. The molecule has 1 aromatic carbocycles. The molecule has 5 rings (SSSR count). The van der Waals surface area contributed by atoms with Crippen LogP contribution in [-0.4, -0.2) is 50.9 Å². The van der Waals surface area contributed by atoms with E-state index in [4.69, 9.17) is 16.3 Å². The van der Waals surface area contributed by atoms with Gasteiger partial charge in [-0.05, 0) is 63.9 Å². The monoisotopic (exact) mass is 469 g/mol. The molecule has 4 atom stereocenters. The van der Waals surface area contributed by atoms with Crippen LogP contribution in [-0.2, 0) is 0 Å². The van der Waals surface area contributed by atoms with Crippen molar-refractivity contribution in [1.82, 2.24) is 14.5 Å². The molecule has 4 heterocycles. The number of nitrogens with zero attached hydrogens (tertiary/aromatic N) is 3. The Kier molecular flexibility index (Phi) is 5.72. The van der Waals surface area contributed by atoms with E-state index in [2.05, 4.69) is 28.8 Å². The first-order valence-electron chi connectivity index (χ1n) is 10.8. The van der Waals surface area contributed by atoms with Gasteiger partial charge in [0.25, 0.3) is 5.56 Å². The fourth-order valence-corrected chi connectivity index (χ4v) is 5.83. The standard InChI is InChI=1S/C24H24ClN3O3S/c1-14(29)3-7-19-12-21-23(32-19)24(30)28(13-26-21)17-6-8-22(20(25)11-17)31-18-9-15-4-5-16(10-18)27(15)2/h6,8,11-16,18,29H,4-5,9-10H2,1-2H3/t14?,15-,16+,18+. The maximum atomic E-state index is 13.1. The molecular weight excluding hydrogens is 446 g/mol. The molecule has 2 aliphatic rings. The number of rotatable bonds is 3. The summed E-state index contributed by atoms with van der Waals surface area (Å²) in [7, 11) is 2.21. The SMILES string of the molecule is CC(O)C#Cc1cc2ncn(-c3ccc(O[C@H]4C[C@H]5CC[C@@H](C4)N5C)c(Cl)c3)c(=O)c2s1. The van der Waals surface area contributed by atoms with Gasteiger partial charge in [0.2, 0.25) is 0 Å². The van der Waals surface area contributed by atoms with Gasteiger partial charge in [-0.3, -0.25) is 9.36 Å². The minimum absolute atomic E-state index is 0.167. The van der Waals surface area contributed by atoms with Crippen LogP contribution in [0.5, 0.6) is 5.75 Å². The van der Waals surface area contributed by atoms with E-state index in [1.165, 1.54) is 35.1 Å². The van der Waals surface area contributed by atoms with Gasteiger partial charge in [-0.25, -0.2) is 4.98 Å². The normalized spacial score (nSPS) is 23.7. The van der Waals surface area contributed by atoms with Crippen LogP contribution in [0.15, 0.2) is 35.4 Å². The third kappa shape index (κ3) is 4.04. The van der Waals surface area contributed by atoms with Gasteiger partial charge in [-0.15, -0.1) is 11.3 Å². The third-order valence-corrected chi connectivity index (χ3v) is 7.71. The summed E-state index contributed by atoms with van der Waals surface area (Å²) < 4.78 is 8.26. The number of aromatic nitrogens is 2. The van der Waals surface area contributed by atoms with E-state index in [1.54, 1.807) is 19.1 Å². The van der Waals surface area contributed by atoms with E-state index in [0.29, 0.717) is 43.6 Å². The van der Waals surface area contributed by atoms with Gasteiger partial charge in [0.05, 0.1) is 21.1 Å². The molecule has 2 aromatic heterocycles. The van der Waals surface area contributed by atoms with E-state index >= 15 is 0 Å². The number of ether oxygens (including phenoxy) is 1. The van der Waals surface area contributed by atoms with E-state index in [0.717, 1.165) is 12.8 Å². The lowest BCUT2D eigenvalue weighted by Gasteiger charge is -2.36. The molecule has 3 aromatic rings. The molecule has 166 valence electrons. The van der Waals surface area contributed by atoms with Gasteiger partial charge in [-0.1, -0.05) is 23.4 Å². The van der Waals surface area contributed by atoms with Crippen molar-refractivity contribution in [2.24, 2.45) is 0 Å². The van der Waals surface area contributed by atoms with Crippen LogP contribution >= 0.6 is 22.9 Å². The van der Waals surface area contributed by atoms with Gasteiger partial charge >= 0.3 is 0 Å². The third-order valence-electron chi connectivity index (χ3n) is 6.38. The number of hydrogen-bond donors (Lipinski definition) is 1. The quantitative estimate of drug-likeness (QED) is 0.590. The number of fused-ring (bicyclic) bond motifs is 3. The molecule has 2 aliphatic heterocycles. The van der Waals surface area contributed by atoms with Gasteiger partial charge in [0.15, 0.2) is 0 Å². The summed E-state index contributed by atoms with van der Waals surface area (Å²) in [5.74, 6) is 6.22. The Bertz CT molecular complexity index is 1280. The highest BCUT2D eigenvalue weighted by atomic mass is 35.5. The predicted octanol–water partition coefficient (Wildman–Crippen LogP) is 3.84. The molecule has 2 saturated heterocycles. The van der Waals surface area contributed by atoms with Crippen molar-refractivity contribution in [2.75, 3.05) is 7.05 Å². The maximum absolute atomic E-state index is 13.1. The number of halogens is 1. The molecule has 32 heavy (non-hydrogen) atoms. The van der Waals surface area contributed by atoms with Crippen LogP contribution in [0.3, 0.4) is 0 Å². The minimum atomic E-state index is -0.725. The summed E-state index contributed by atoms with van der Waals surface area (Å²) >= 11 is 7.82. The zero-order valence-corrected chi connectivity index (χ0v) is 19.5. The number of piperidine rings is 1. The topological polar surface area (TPSA) is 67.6 Å². The lowest BCUT2D eigenvalue weighted by atomic mass is 10.0. The van der Waals surface area contributed by atoms with E-state index in [9.17, 15) is 9.90 Å². The van der Waals surface area contributed by atoms with Crippen LogP contribution in [0.25, 0.3) is 15.9 Å². The molecule has 0 spiro atoms. The van der Waals surface area contributed by atoms with Crippen molar-refractivity contribution < 1.29 is 9.84 Å². The van der Waals surface area contributed by atoms with Crippen molar-refractivity contribution in [2.45, 2.75) is 56.9 Å². The molecular formula is C24H24ClN3O3S. The summed E-state index contributed by atoms with van der Waals surface area (Å²) in [6, 6.07) is 8.36. The van der Waals surface area contributed by atoms with Crippen LogP contribution in [0.4, 0.5) is 0 Å². The highest BCUT2D eigenvalue weighted by molar-refractivity contribution is 7.19. The Morgan fingerprint density at radius 1 is 1.28 bits per heavy atom. The average molecular weight is 470 g/mol. The second-order valence-corrected chi connectivity index (χ2v) is 10.0. The largest absolute Gasteiger partial charge is 0.489 e. The van der Waals surface area contributed by atoms with Crippen LogP contribution < -0.4 is 10.3 Å². The van der Waals surface area contributed by atoms with Gasteiger partial charge < -0.3 is 14.7 Å². The molecule has 0 saturated carbocycles. The van der Waals surface area contributed by atoms with Gasteiger partial charge in [0, 0.05) is 12.1 Å². The summed E-state index contributed by atoms with van der Waals surface area (Å²) in [6.45, 7) is 1.60. The molecule has 8 heteroatoms. The summed E-state index contributed by atoms with van der Waals surface area (Å²) in [5, 5.41) is 9.83. The molecule has 6 nitrogen and oxygen atoms in total. The van der Waals surface area contributed by atoms with Crippen LogP contribution in [0.2, 0.25) is 5.02 Å². The lowest BCUT2D eigenvalue weighted by Crippen LogP contribution is -2.43. The average Bonchev–Trinajstić information content (AvgIpc) is 3.25. The number of aliphatic hydroxyl groups excluding tert-OH is 1. The van der Waals surface area contributed by atoms with Gasteiger partial charge in [-0.2, -0.15) is 0 Å². The Balaban J connectivity index is 1.39. The number of thiophene rings is 1. The van der Waals surface area contributed by atoms with Crippen molar-refractivity contribution in [3.8, 4) is 23.3 Å². The van der Waals surface area contributed by atoms with E-state index in [1.807, 2.05) is 12.1 Å². The molecule has 2 bridgehead atoms. The first-order chi connectivity index (χ1) is 15.4. The lowest BCUT2D eigenvalue weighted by molar-refractivity contribution is 0.0662. The Morgan fingerprint density at radius 2 is 2.03 bits per heavy atom. The Hall–Kier alpha value is -2.37. The summed E-state index contributed by atoms with van der Waals surface area (Å²) in [5.41, 5.74) is 1.05. The first kappa shape index (κ1) is 21.5. The molecule has 1 unspecified atom stereocenters. The fourth-order valence-electron chi connectivity index (χ4n) is 4.71. The van der Waals surface area contributed by atoms with E-state index < -0.39 is 6.10 Å². The second kappa shape index (κ2) is 8.53.